The number of nitrogens with zero attached hydrogens (tertiary/aromatic N) is 2. The number of hydrogen-bond donors (Lipinski definition) is 0. The van der Waals surface area contributed by atoms with E-state index in [1.165, 1.54) is 11.1 Å². The number of hydrogen-bond acceptors (Lipinski definition) is 4. The van der Waals surface area contributed by atoms with E-state index in [-0.39, 0.29) is 23.1 Å². The molecule has 1 aliphatic carbocycles. The molecule has 1 spiro atoms. The molecule has 0 N–H and O–H groups in total. The molecule has 0 saturated carbocycles. The van der Waals surface area contributed by atoms with Crippen molar-refractivity contribution >= 4 is 11.8 Å². The third-order valence-electron chi connectivity index (χ3n) is 7.67. The number of amides is 2. The van der Waals surface area contributed by atoms with Gasteiger partial charge in [-0.05, 0) is 61.6 Å². The highest BCUT2D eigenvalue weighted by molar-refractivity contribution is 5.95. The van der Waals surface area contributed by atoms with Gasteiger partial charge in [-0.1, -0.05) is 24.3 Å². The molecule has 5 rings (SSSR count). The summed E-state index contributed by atoms with van der Waals surface area (Å²) in [5, 5.41) is 0. The van der Waals surface area contributed by atoms with Gasteiger partial charge in [-0.3, -0.25) is 9.59 Å². The molecule has 2 aromatic rings. The van der Waals surface area contributed by atoms with Gasteiger partial charge in [-0.25, -0.2) is 0 Å². The number of rotatable bonds is 3. The normalized spacial score (nSPS) is 22.2. The Morgan fingerprint density at radius 2 is 1.75 bits per heavy atom. The fraction of sp³-hybridized carbons (Fsp3) is 0.538. The van der Waals surface area contributed by atoms with Crippen LogP contribution in [0.5, 0.6) is 0 Å². The molecule has 3 aliphatic rings. The van der Waals surface area contributed by atoms with Crippen LogP contribution in [0.1, 0.15) is 64.6 Å². The zero-order chi connectivity index (χ0) is 22.3. The van der Waals surface area contributed by atoms with Gasteiger partial charge in [0.25, 0.3) is 5.91 Å². The monoisotopic (exact) mass is 436 g/mol. The Balaban J connectivity index is 1.30. The number of benzene rings is 1. The highest BCUT2D eigenvalue weighted by atomic mass is 16.5. The van der Waals surface area contributed by atoms with Gasteiger partial charge in [0.1, 0.15) is 11.5 Å². The van der Waals surface area contributed by atoms with Crippen LogP contribution in [0.15, 0.2) is 34.7 Å². The Bertz CT molecular complexity index is 1010. The van der Waals surface area contributed by atoms with Crippen molar-refractivity contribution in [3.8, 4) is 0 Å². The maximum Gasteiger partial charge on any atom is 0.257 e. The van der Waals surface area contributed by atoms with Crippen molar-refractivity contribution < 1.29 is 18.7 Å². The third-order valence-corrected chi connectivity index (χ3v) is 7.67. The summed E-state index contributed by atoms with van der Waals surface area (Å²) in [6.45, 7) is 7.87. The summed E-state index contributed by atoms with van der Waals surface area (Å²) in [6, 6.07) is 10.5. The van der Waals surface area contributed by atoms with Crippen LogP contribution in [0.2, 0.25) is 0 Å². The van der Waals surface area contributed by atoms with Gasteiger partial charge in [0.15, 0.2) is 0 Å². The molecule has 1 aromatic carbocycles. The molecule has 3 heterocycles. The van der Waals surface area contributed by atoms with Crippen molar-refractivity contribution in [3.63, 3.8) is 0 Å². The average Bonchev–Trinajstić information content (AvgIpc) is 3.31. The highest BCUT2D eigenvalue weighted by Crippen LogP contribution is 2.52. The van der Waals surface area contributed by atoms with Crippen LogP contribution in [0, 0.1) is 13.8 Å². The predicted molar refractivity (Wildman–Crippen MR) is 121 cm³/mol. The molecule has 0 radical (unpaired) electrons. The summed E-state index contributed by atoms with van der Waals surface area (Å²) in [5.41, 5.74) is 3.46. The number of carbonyl (C=O) groups excluding carboxylic acids is 2. The lowest BCUT2D eigenvalue weighted by molar-refractivity contribution is -0.135. The SMILES string of the molecule is Cc1cc(C(=O)N2CCC3(CC2)CC(CC(=O)N2CCOCC2)c2ccccc23)c(C)o1. The lowest BCUT2D eigenvalue weighted by Gasteiger charge is -2.40. The van der Waals surface area contributed by atoms with Crippen LogP contribution < -0.4 is 0 Å². The van der Waals surface area contributed by atoms with Gasteiger partial charge in [0.05, 0.1) is 18.8 Å². The Hall–Kier alpha value is -2.60. The summed E-state index contributed by atoms with van der Waals surface area (Å²) in [7, 11) is 0. The van der Waals surface area contributed by atoms with Gasteiger partial charge in [-0.15, -0.1) is 0 Å². The summed E-state index contributed by atoms with van der Waals surface area (Å²) in [6.07, 6.45) is 3.44. The zero-order valence-electron chi connectivity index (χ0n) is 19.1. The van der Waals surface area contributed by atoms with E-state index in [2.05, 4.69) is 24.3 Å². The van der Waals surface area contributed by atoms with Crippen molar-refractivity contribution in [3.05, 3.63) is 58.5 Å². The molecule has 2 saturated heterocycles. The molecule has 170 valence electrons. The molecular weight excluding hydrogens is 404 g/mol. The van der Waals surface area contributed by atoms with Crippen molar-refractivity contribution in [2.24, 2.45) is 0 Å². The van der Waals surface area contributed by atoms with Crippen LogP contribution in [0.3, 0.4) is 0 Å². The van der Waals surface area contributed by atoms with Crippen molar-refractivity contribution in [1.82, 2.24) is 9.80 Å². The first-order valence-corrected chi connectivity index (χ1v) is 11.8. The second kappa shape index (κ2) is 8.39. The summed E-state index contributed by atoms with van der Waals surface area (Å²) in [5.74, 6) is 2.03. The molecule has 32 heavy (non-hydrogen) atoms. The topological polar surface area (TPSA) is 63.0 Å². The summed E-state index contributed by atoms with van der Waals surface area (Å²) < 4.78 is 11.0. The molecule has 0 bridgehead atoms. The van der Waals surface area contributed by atoms with E-state index in [9.17, 15) is 9.59 Å². The van der Waals surface area contributed by atoms with E-state index in [1.54, 1.807) is 0 Å². The molecule has 6 nitrogen and oxygen atoms in total. The lowest BCUT2D eigenvalue weighted by Crippen LogP contribution is -2.44. The number of fused-ring (bicyclic) bond motifs is 2. The first-order chi connectivity index (χ1) is 15.5. The Morgan fingerprint density at radius 1 is 1.03 bits per heavy atom. The first-order valence-electron chi connectivity index (χ1n) is 11.8. The van der Waals surface area contributed by atoms with Crippen LogP contribution in [0.4, 0.5) is 0 Å². The number of likely N-dealkylation sites (tertiary alicyclic amines) is 1. The molecule has 6 heteroatoms. The molecule has 1 aromatic heterocycles. The van der Waals surface area contributed by atoms with Crippen molar-refractivity contribution in [1.29, 1.82) is 0 Å². The second-order valence-corrected chi connectivity index (χ2v) is 9.59. The Labute approximate surface area is 189 Å². The van der Waals surface area contributed by atoms with Crippen LogP contribution in [-0.4, -0.2) is 61.0 Å². The number of ether oxygens (including phenoxy) is 1. The quantitative estimate of drug-likeness (QED) is 0.734. The van der Waals surface area contributed by atoms with Crippen LogP contribution >= 0.6 is 0 Å². The fourth-order valence-electron chi connectivity index (χ4n) is 5.99. The van der Waals surface area contributed by atoms with Gasteiger partial charge in [0.2, 0.25) is 5.91 Å². The maximum atomic E-state index is 13.1. The van der Waals surface area contributed by atoms with E-state index in [1.807, 2.05) is 29.7 Å². The highest BCUT2D eigenvalue weighted by Gasteiger charge is 2.46. The van der Waals surface area contributed by atoms with Gasteiger partial charge in [-0.2, -0.15) is 0 Å². The second-order valence-electron chi connectivity index (χ2n) is 9.59. The smallest absolute Gasteiger partial charge is 0.257 e. The maximum absolute atomic E-state index is 13.1. The third kappa shape index (κ3) is 3.75. The standard InChI is InChI=1S/C26H32N2O4/c1-18-15-22(19(2)32-18)25(30)28-9-7-26(8-10-28)17-20(21-5-3-4-6-23(21)26)16-24(29)27-11-13-31-14-12-27/h3-6,15,20H,7-14,16-17H2,1-2H3. The minimum Gasteiger partial charge on any atom is -0.466 e. The Kier molecular flexibility index (Phi) is 5.58. The van der Waals surface area contributed by atoms with Crippen LogP contribution in [0.25, 0.3) is 0 Å². The largest absolute Gasteiger partial charge is 0.466 e. The Morgan fingerprint density at radius 3 is 2.44 bits per heavy atom. The number of morpholine rings is 1. The van der Waals surface area contributed by atoms with Gasteiger partial charge < -0.3 is 19.0 Å². The van der Waals surface area contributed by atoms with Crippen LogP contribution in [-0.2, 0) is 14.9 Å². The van der Waals surface area contributed by atoms with Crippen molar-refractivity contribution in [2.75, 3.05) is 39.4 Å². The van der Waals surface area contributed by atoms with E-state index in [0.29, 0.717) is 44.0 Å². The fourth-order valence-corrected chi connectivity index (χ4v) is 5.99. The molecule has 1 atom stereocenters. The number of piperidine rings is 1. The first kappa shape index (κ1) is 21.3. The summed E-state index contributed by atoms with van der Waals surface area (Å²) >= 11 is 0. The number of aryl methyl sites for hydroxylation is 2. The minimum atomic E-state index is 0.0602. The van der Waals surface area contributed by atoms with Gasteiger partial charge in [0, 0.05) is 32.6 Å². The van der Waals surface area contributed by atoms with E-state index < -0.39 is 0 Å². The van der Waals surface area contributed by atoms with E-state index in [0.717, 1.165) is 38.1 Å². The summed E-state index contributed by atoms with van der Waals surface area (Å²) in [4.78, 5) is 30.0. The number of carbonyl (C=O) groups is 2. The molecule has 1 unspecified atom stereocenters. The molecule has 2 aliphatic heterocycles. The molecule has 2 fully saturated rings. The molecule has 2 amide bonds. The van der Waals surface area contributed by atoms with E-state index in [4.69, 9.17) is 9.15 Å². The predicted octanol–water partition coefficient (Wildman–Crippen LogP) is 3.81. The number of furan rings is 1. The van der Waals surface area contributed by atoms with E-state index >= 15 is 0 Å². The van der Waals surface area contributed by atoms with Crippen molar-refractivity contribution in [2.45, 2.75) is 50.9 Å². The zero-order valence-corrected chi connectivity index (χ0v) is 19.1. The molecular formula is C26H32N2O4. The minimum absolute atomic E-state index is 0.0602. The lowest BCUT2D eigenvalue weighted by atomic mass is 9.73. The van der Waals surface area contributed by atoms with Gasteiger partial charge >= 0.3 is 0 Å². The average molecular weight is 437 g/mol.